The van der Waals surface area contributed by atoms with Crippen molar-refractivity contribution < 1.29 is 9.90 Å². The van der Waals surface area contributed by atoms with Crippen LogP contribution in [0, 0.1) is 0 Å². The maximum absolute atomic E-state index is 12.3. The zero-order valence-electron chi connectivity index (χ0n) is 14.2. The van der Waals surface area contributed by atoms with Crippen molar-refractivity contribution in [3.63, 3.8) is 0 Å². The molecule has 5 nitrogen and oxygen atoms in total. The molecule has 1 atom stereocenters. The van der Waals surface area contributed by atoms with Crippen LogP contribution >= 0.6 is 0 Å². The van der Waals surface area contributed by atoms with E-state index in [2.05, 4.69) is 27.7 Å². The number of hydrogen-bond acceptors (Lipinski definition) is 3. The van der Waals surface area contributed by atoms with Gasteiger partial charge in [-0.05, 0) is 51.8 Å². The minimum Gasteiger partial charge on any atom is -0.393 e. The summed E-state index contributed by atoms with van der Waals surface area (Å²) < 4.78 is 0. The second-order valence-electron chi connectivity index (χ2n) is 6.77. The van der Waals surface area contributed by atoms with Crippen LogP contribution in [0.5, 0.6) is 0 Å². The van der Waals surface area contributed by atoms with Crippen molar-refractivity contribution in [2.24, 2.45) is 0 Å². The normalized spacial score (nSPS) is 22.6. The molecule has 1 fully saturated rings. The summed E-state index contributed by atoms with van der Waals surface area (Å²) in [5, 5.41) is 15.7. The summed E-state index contributed by atoms with van der Waals surface area (Å²) >= 11 is 0. The molecule has 1 aromatic rings. The third-order valence-corrected chi connectivity index (χ3v) is 4.28. The number of nitrogens with one attached hydrogen (secondary N) is 2. The first-order valence-corrected chi connectivity index (χ1v) is 8.46. The average Bonchev–Trinajstić information content (AvgIpc) is 2.50. The number of nitrogens with zero attached hydrogens (tertiary/aromatic N) is 1. The van der Waals surface area contributed by atoms with Gasteiger partial charge in [-0.25, -0.2) is 4.79 Å². The van der Waals surface area contributed by atoms with E-state index in [1.807, 2.05) is 32.3 Å². The lowest BCUT2D eigenvalue weighted by Gasteiger charge is -2.28. The van der Waals surface area contributed by atoms with E-state index in [0.717, 1.165) is 38.6 Å². The molecule has 1 unspecified atom stereocenters. The van der Waals surface area contributed by atoms with Gasteiger partial charge in [0.25, 0.3) is 0 Å². The zero-order chi connectivity index (χ0) is 16.7. The second kappa shape index (κ2) is 8.89. The van der Waals surface area contributed by atoms with Gasteiger partial charge in [-0.3, -0.25) is 0 Å². The molecule has 5 heteroatoms. The highest BCUT2D eigenvalue weighted by atomic mass is 16.3. The van der Waals surface area contributed by atoms with Gasteiger partial charge in [-0.1, -0.05) is 30.3 Å². The van der Waals surface area contributed by atoms with Crippen molar-refractivity contribution in [3.05, 3.63) is 35.9 Å². The van der Waals surface area contributed by atoms with E-state index in [1.54, 1.807) is 0 Å². The van der Waals surface area contributed by atoms with Crippen LogP contribution in [0.4, 0.5) is 4.79 Å². The predicted octanol–water partition coefficient (Wildman–Crippen LogP) is 1.76. The van der Waals surface area contributed by atoms with Gasteiger partial charge >= 0.3 is 6.03 Å². The summed E-state index contributed by atoms with van der Waals surface area (Å²) in [6.07, 6.45) is 3.87. The van der Waals surface area contributed by atoms with E-state index in [1.165, 1.54) is 5.56 Å². The molecule has 0 bridgehead atoms. The van der Waals surface area contributed by atoms with Crippen molar-refractivity contribution in [2.45, 2.75) is 50.3 Å². The molecule has 1 aromatic carbocycles. The Balaban J connectivity index is 1.85. The van der Waals surface area contributed by atoms with Gasteiger partial charge in [0.2, 0.25) is 0 Å². The van der Waals surface area contributed by atoms with Gasteiger partial charge in [-0.15, -0.1) is 0 Å². The summed E-state index contributed by atoms with van der Waals surface area (Å²) in [5.74, 6) is 0. The summed E-state index contributed by atoms with van der Waals surface area (Å²) in [5.41, 5.74) is 1.22. The smallest absolute Gasteiger partial charge is 0.315 e. The lowest BCUT2D eigenvalue weighted by atomic mass is 9.93. The van der Waals surface area contributed by atoms with Crippen LogP contribution in [-0.2, 0) is 6.42 Å². The fraction of sp³-hybridized carbons (Fsp3) is 0.611. The number of benzene rings is 1. The number of rotatable bonds is 6. The lowest BCUT2D eigenvalue weighted by Crippen LogP contribution is -2.50. The van der Waals surface area contributed by atoms with E-state index in [4.69, 9.17) is 0 Å². The van der Waals surface area contributed by atoms with Gasteiger partial charge in [0, 0.05) is 18.6 Å². The molecule has 23 heavy (non-hydrogen) atoms. The van der Waals surface area contributed by atoms with E-state index < -0.39 is 0 Å². The highest BCUT2D eigenvalue weighted by molar-refractivity contribution is 5.74. The third-order valence-electron chi connectivity index (χ3n) is 4.28. The molecule has 2 rings (SSSR count). The molecule has 3 N–H and O–H groups in total. The van der Waals surface area contributed by atoms with E-state index in [-0.39, 0.29) is 24.2 Å². The number of aliphatic hydroxyl groups is 1. The average molecular weight is 319 g/mol. The molecule has 0 radical (unpaired) electrons. The SMILES string of the molecule is CN(C)CC(Cc1ccccc1)NC(=O)NC1CCC(O)CC1. The quantitative estimate of drug-likeness (QED) is 0.749. The van der Waals surface area contributed by atoms with Crippen LogP contribution in [0.1, 0.15) is 31.2 Å². The highest BCUT2D eigenvalue weighted by Crippen LogP contribution is 2.18. The van der Waals surface area contributed by atoms with Crippen LogP contribution in [0.25, 0.3) is 0 Å². The monoisotopic (exact) mass is 319 g/mol. The Kier molecular flexibility index (Phi) is 6.86. The first-order valence-electron chi connectivity index (χ1n) is 8.46. The number of hydrogen-bond donors (Lipinski definition) is 3. The lowest BCUT2D eigenvalue weighted by molar-refractivity contribution is 0.117. The highest BCUT2D eigenvalue weighted by Gasteiger charge is 2.22. The Morgan fingerprint density at radius 1 is 1.22 bits per heavy atom. The van der Waals surface area contributed by atoms with Crippen LogP contribution in [0.15, 0.2) is 30.3 Å². The molecule has 0 heterocycles. The Bertz CT molecular complexity index is 470. The van der Waals surface area contributed by atoms with Gasteiger partial charge < -0.3 is 20.6 Å². The molecule has 2 amide bonds. The number of aliphatic hydroxyl groups excluding tert-OH is 1. The standard InChI is InChI=1S/C18H29N3O2/c1-21(2)13-16(12-14-6-4-3-5-7-14)20-18(23)19-15-8-10-17(22)11-9-15/h3-7,15-17,22H,8-13H2,1-2H3,(H2,19,20,23). The van der Waals surface area contributed by atoms with E-state index >= 15 is 0 Å². The molecule has 128 valence electrons. The summed E-state index contributed by atoms with van der Waals surface area (Å²) in [6, 6.07) is 10.4. The minimum absolute atomic E-state index is 0.0709. The summed E-state index contributed by atoms with van der Waals surface area (Å²) in [6.45, 7) is 0.797. The van der Waals surface area contributed by atoms with E-state index in [0.29, 0.717) is 0 Å². The van der Waals surface area contributed by atoms with Crippen molar-refractivity contribution in [2.75, 3.05) is 20.6 Å². The van der Waals surface area contributed by atoms with Gasteiger partial charge in [0.05, 0.1) is 6.10 Å². The van der Waals surface area contributed by atoms with Crippen molar-refractivity contribution >= 4 is 6.03 Å². The molecule has 1 saturated carbocycles. The number of likely N-dealkylation sites (N-methyl/N-ethyl adjacent to an activating group) is 1. The fourth-order valence-electron chi connectivity index (χ4n) is 3.13. The number of carbonyl (C=O) groups is 1. The topological polar surface area (TPSA) is 64.6 Å². The van der Waals surface area contributed by atoms with Crippen molar-refractivity contribution in [3.8, 4) is 0 Å². The molecule has 0 aromatic heterocycles. The van der Waals surface area contributed by atoms with Crippen LogP contribution < -0.4 is 10.6 Å². The number of amides is 2. The number of carbonyl (C=O) groups excluding carboxylic acids is 1. The fourth-order valence-corrected chi connectivity index (χ4v) is 3.13. The maximum atomic E-state index is 12.3. The van der Waals surface area contributed by atoms with Crippen molar-refractivity contribution in [1.82, 2.24) is 15.5 Å². The number of urea groups is 1. The molecule has 1 aliphatic rings. The molecule has 0 aliphatic heterocycles. The van der Waals surface area contributed by atoms with E-state index in [9.17, 15) is 9.90 Å². The van der Waals surface area contributed by atoms with Crippen LogP contribution in [0.3, 0.4) is 0 Å². The predicted molar refractivity (Wildman–Crippen MR) is 92.4 cm³/mol. The Morgan fingerprint density at radius 3 is 2.48 bits per heavy atom. The Labute approximate surface area is 139 Å². The minimum atomic E-state index is -0.198. The first-order chi connectivity index (χ1) is 11.0. The summed E-state index contributed by atoms with van der Waals surface area (Å²) in [7, 11) is 4.03. The largest absolute Gasteiger partial charge is 0.393 e. The van der Waals surface area contributed by atoms with Crippen LogP contribution in [0.2, 0.25) is 0 Å². The first kappa shape index (κ1) is 17.8. The molecular formula is C18H29N3O2. The van der Waals surface area contributed by atoms with Gasteiger partial charge in [0.1, 0.15) is 0 Å². The van der Waals surface area contributed by atoms with Crippen LogP contribution in [-0.4, -0.2) is 54.9 Å². The van der Waals surface area contributed by atoms with Gasteiger partial charge in [0.15, 0.2) is 0 Å². The molecule has 0 saturated heterocycles. The zero-order valence-corrected chi connectivity index (χ0v) is 14.2. The maximum Gasteiger partial charge on any atom is 0.315 e. The van der Waals surface area contributed by atoms with Gasteiger partial charge in [-0.2, -0.15) is 0 Å². The Morgan fingerprint density at radius 2 is 1.87 bits per heavy atom. The summed E-state index contributed by atoms with van der Waals surface area (Å²) in [4.78, 5) is 14.4. The Hall–Kier alpha value is -1.59. The van der Waals surface area contributed by atoms with Crippen molar-refractivity contribution in [1.29, 1.82) is 0 Å². The molecular weight excluding hydrogens is 290 g/mol. The second-order valence-corrected chi connectivity index (χ2v) is 6.77. The molecule has 0 spiro atoms. The molecule has 1 aliphatic carbocycles. The third kappa shape index (κ3) is 6.59.